The average molecular weight is 245 g/mol. The molecule has 0 amide bonds. The van der Waals surface area contributed by atoms with Crippen molar-refractivity contribution in [1.82, 2.24) is 9.97 Å². The number of nitrogens with one attached hydrogen (secondary N) is 1. The molecule has 0 atom stereocenters. The van der Waals surface area contributed by atoms with Gasteiger partial charge in [-0.15, -0.1) is 0 Å². The molecule has 0 fully saturated rings. The van der Waals surface area contributed by atoms with Crippen LogP contribution in [0.25, 0.3) is 0 Å². The molecule has 0 saturated heterocycles. The van der Waals surface area contributed by atoms with Gasteiger partial charge in [-0.25, -0.2) is 9.97 Å². The van der Waals surface area contributed by atoms with E-state index >= 15 is 0 Å². The number of ether oxygens (including phenoxy) is 1. The molecule has 18 heavy (non-hydrogen) atoms. The number of nitrogens with zero attached hydrogens (tertiary/aromatic N) is 2. The highest BCUT2D eigenvalue weighted by Crippen LogP contribution is 2.28. The summed E-state index contributed by atoms with van der Waals surface area (Å²) < 4.78 is 5.72. The van der Waals surface area contributed by atoms with E-state index in [9.17, 15) is 5.11 Å². The summed E-state index contributed by atoms with van der Waals surface area (Å²) in [5, 5.41) is 12.2. The van der Waals surface area contributed by atoms with Crippen LogP contribution >= 0.6 is 0 Å². The zero-order valence-corrected chi connectivity index (χ0v) is 10.3. The van der Waals surface area contributed by atoms with Crippen LogP contribution in [0.3, 0.4) is 0 Å². The predicted octanol–water partition coefficient (Wildman–Crippen LogP) is 2.11. The van der Waals surface area contributed by atoms with Crippen LogP contribution in [-0.4, -0.2) is 22.1 Å². The zero-order chi connectivity index (χ0) is 13.0. The van der Waals surface area contributed by atoms with Gasteiger partial charge < -0.3 is 15.2 Å². The number of aliphatic hydroxyl groups is 1. The molecule has 2 rings (SSSR count). The lowest BCUT2D eigenvalue weighted by atomic mass is 10.2. The van der Waals surface area contributed by atoms with E-state index in [1.807, 2.05) is 25.1 Å². The SMILES string of the molecule is CNc1ncnc(Oc2ccccc2CO)c1C. The minimum Gasteiger partial charge on any atom is -0.438 e. The molecule has 5 heteroatoms. The molecule has 0 saturated carbocycles. The van der Waals surface area contributed by atoms with Gasteiger partial charge in [-0.1, -0.05) is 18.2 Å². The molecule has 0 spiro atoms. The highest BCUT2D eigenvalue weighted by atomic mass is 16.5. The van der Waals surface area contributed by atoms with Crippen molar-refractivity contribution >= 4 is 5.82 Å². The number of rotatable bonds is 4. The van der Waals surface area contributed by atoms with Crippen LogP contribution in [0, 0.1) is 6.92 Å². The van der Waals surface area contributed by atoms with Crippen molar-refractivity contribution in [3.8, 4) is 11.6 Å². The average Bonchev–Trinajstić information content (AvgIpc) is 2.42. The summed E-state index contributed by atoms with van der Waals surface area (Å²) in [5.74, 6) is 1.81. The maximum absolute atomic E-state index is 9.24. The third-order valence-electron chi connectivity index (χ3n) is 2.62. The van der Waals surface area contributed by atoms with Crippen LogP contribution in [0.1, 0.15) is 11.1 Å². The fraction of sp³-hybridized carbons (Fsp3) is 0.231. The van der Waals surface area contributed by atoms with Crippen molar-refractivity contribution in [3.63, 3.8) is 0 Å². The smallest absolute Gasteiger partial charge is 0.227 e. The molecule has 1 heterocycles. The molecule has 94 valence electrons. The fourth-order valence-corrected chi connectivity index (χ4v) is 1.63. The molecule has 2 aromatic rings. The Kier molecular flexibility index (Phi) is 3.74. The molecule has 0 radical (unpaired) electrons. The van der Waals surface area contributed by atoms with E-state index in [4.69, 9.17) is 4.74 Å². The van der Waals surface area contributed by atoms with E-state index in [1.165, 1.54) is 6.33 Å². The first-order valence-electron chi connectivity index (χ1n) is 5.62. The normalized spacial score (nSPS) is 10.2. The van der Waals surface area contributed by atoms with E-state index < -0.39 is 0 Å². The quantitative estimate of drug-likeness (QED) is 0.863. The molecule has 0 aliphatic rings. The summed E-state index contributed by atoms with van der Waals surface area (Å²) in [6, 6.07) is 7.31. The molecule has 5 nitrogen and oxygen atoms in total. The Hall–Kier alpha value is -2.14. The first kappa shape index (κ1) is 12.3. The monoisotopic (exact) mass is 245 g/mol. The molecule has 0 aliphatic carbocycles. The molecule has 2 N–H and O–H groups in total. The standard InChI is InChI=1S/C13H15N3O2/c1-9-12(14-2)15-8-16-13(9)18-11-6-4-3-5-10(11)7-17/h3-6,8,17H,7H2,1-2H3,(H,14,15,16). The topological polar surface area (TPSA) is 67.3 Å². The summed E-state index contributed by atoms with van der Waals surface area (Å²) in [7, 11) is 1.79. The van der Waals surface area contributed by atoms with Crippen molar-refractivity contribution in [2.45, 2.75) is 13.5 Å². The number of aliphatic hydroxyl groups excluding tert-OH is 1. The highest BCUT2D eigenvalue weighted by Gasteiger charge is 2.09. The number of anilines is 1. The van der Waals surface area contributed by atoms with Gasteiger partial charge in [0, 0.05) is 12.6 Å². The van der Waals surface area contributed by atoms with E-state index in [1.54, 1.807) is 13.1 Å². The van der Waals surface area contributed by atoms with E-state index in [0.717, 1.165) is 16.9 Å². The van der Waals surface area contributed by atoms with E-state index in [2.05, 4.69) is 15.3 Å². The maximum Gasteiger partial charge on any atom is 0.227 e. The number of aromatic nitrogens is 2. The Bertz CT molecular complexity index is 544. The Balaban J connectivity index is 2.34. The predicted molar refractivity (Wildman–Crippen MR) is 68.8 cm³/mol. The van der Waals surface area contributed by atoms with Crippen molar-refractivity contribution < 1.29 is 9.84 Å². The van der Waals surface area contributed by atoms with Crippen LogP contribution in [-0.2, 0) is 6.61 Å². The van der Waals surface area contributed by atoms with Gasteiger partial charge in [0.2, 0.25) is 5.88 Å². The summed E-state index contributed by atoms with van der Waals surface area (Å²) in [6.07, 6.45) is 1.44. The Morgan fingerprint density at radius 3 is 2.78 bits per heavy atom. The zero-order valence-electron chi connectivity index (χ0n) is 10.3. The van der Waals surface area contributed by atoms with Gasteiger partial charge >= 0.3 is 0 Å². The van der Waals surface area contributed by atoms with Gasteiger partial charge in [-0.3, -0.25) is 0 Å². The van der Waals surface area contributed by atoms with Gasteiger partial charge in [0.25, 0.3) is 0 Å². The first-order chi connectivity index (χ1) is 8.76. The second-order valence-electron chi connectivity index (χ2n) is 3.77. The third-order valence-corrected chi connectivity index (χ3v) is 2.62. The minimum absolute atomic E-state index is 0.0702. The van der Waals surface area contributed by atoms with Gasteiger partial charge in [0.05, 0.1) is 12.2 Å². The van der Waals surface area contributed by atoms with Crippen LogP contribution in [0.2, 0.25) is 0 Å². The summed E-state index contributed by atoms with van der Waals surface area (Å²) in [5.41, 5.74) is 1.55. The van der Waals surface area contributed by atoms with Crippen molar-refractivity contribution in [2.24, 2.45) is 0 Å². The number of hydrogen-bond donors (Lipinski definition) is 2. The van der Waals surface area contributed by atoms with E-state index in [0.29, 0.717) is 11.6 Å². The van der Waals surface area contributed by atoms with Crippen molar-refractivity contribution in [1.29, 1.82) is 0 Å². The second kappa shape index (κ2) is 5.46. The molecule has 1 aromatic heterocycles. The number of benzene rings is 1. The molecule has 1 aromatic carbocycles. The Labute approximate surface area is 105 Å². The molecular formula is C13H15N3O2. The number of para-hydroxylation sites is 1. The first-order valence-corrected chi connectivity index (χ1v) is 5.62. The van der Waals surface area contributed by atoms with Crippen LogP contribution < -0.4 is 10.1 Å². The number of hydrogen-bond acceptors (Lipinski definition) is 5. The maximum atomic E-state index is 9.24. The molecular weight excluding hydrogens is 230 g/mol. The van der Waals surface area contributed by atoms with Crippen LogP contribution in [0.5, 0.6) is 11.6 Å². The van der Waals surface area contributed by atoms with Crippen molar-refractivity contribution in [3.05, 3.63) is 41.7 Å². The Morgan fingerprint density at radius 2 is 2.06 bits per heavy atom. The van der Waals surface area contributed by atoms with Gasteiger partial charge in [0.1, 0.15) is 17.9 Å². The van der Waals surface area contributed by atoms with Crippen LogP contribution in [0.4, 0.5) is 5.82 Å². The second-order valence-corrected chi connectivity index (χ2v) is 3.77. The van der Waals surface area contributed by atoms with Gasteiger partial charge in [-0.2, -0.15) is 0 Å². The summed E-state index contributed by atoms with van der Waals surface area (Å²) in [6.45, 7) is 1.81. The van der Waals surface area contributed by atoms with Crippen molar-refractivity contribution in [2.75, 3.05) is 12.4 Å². The molecule has 0 aliphatic heterocycles. The largest absolute Gasteiger partial charge is 0.438 e. The lowest BCUT2D eigenvalue weighted by Crippen LogP contribution is -2.00. The highest BCUT2D eigenvalue weighted by molar-refractivity contribution is 5.48. The molecule has 0 bridgehead atoms. The third kappa shape index (κ3) is 2.41. The minimum atomic E-state index is -0.0702. The lowest BCUT2D eigenvalue weighted by Gasteiger charge is -2.12. The molecule has 0 unspecified atom stereocenters. The summed E-state index contributed by atoms with van der Waals surface area (Å²) in [4.78, 5) is 8.19. The summed E-state index contributed by atoms with van der Waals surface area (Å²) >= 11 is 0. The van der Waals surface area contributed by atoms with Gasteiger partial charge in [-0.05, 0) is 13.0 Å². The fourth-order valence-electron chi connectivity index (χ4n) is 1.63. The lowest BCUT2D eigenvalue weighted by molar-refractivity contribution is 0.276. The Morgan fingerprint density at radius 1 is 1.28 bits per heavy atom. The van der Waals surface area contributed by atoms with Crippen LogP contribution in [0.15, 0.2) is 30.6 Å². The van der Waals surface area contributed by atoms with Gasteiger partial charge in [0.15, 0.2) is 0 Å². The van der Waals surface area contributed by atoms with E-state index in [-0.39, 0.29) is 6.61 Å².